The molecule has 1 aliphatic rings. The van der Waals surface area contributed by atoms with Crippen LogP contribution in [0.15, 0.2) is 35.2 Å². The number of aryl methyl sites for hydroxylation is 1. The summed E-state index contributed by atoms with van der Waals surface area (Å²) >= 11 is 1.80. The fraction of sp³-hybridized carbons (Fsp3) is 0.375. The van der Waals surface area contributed by atoms with Crippen molar-refractivity contribution in [3.05, 3.63) is 41.9 Å². The SMILES string of the molecule is CCCNc1cc(C)nc(C2CSc3ccccc3O2)n1. The Morgan fingerprint density at radius 2 is 2.19 bits per heavy atom. The number of fused-ring (bicyclic) bond motifs is 1. The van der Waals surface area contributed by atoms with E-state index in [1.54, 1.807) is 11.8 Å². The highest BCUT2D eigenvalue weighted by atomic mass is 32.2. The van der Waals surface area contributed by atoms with Gasteiger partial charge in [0.2, 0.25) is 0 Å². The molecule has 0 amide bonds. The van der Waals surface area contributed by atoms with Crippen molar-refractivity contribution < 1.29 is 4.74 Å². The van der Waals surface area contributed by atoms with Gasteiger partial charge in [0, 0.05) is 29.0 Å². The number of nitrogens with zero attached hydrogens (tertiary/aromatic N) is 2. The molecule has 1 aliphatic heterocycles. The molecule has 1 unspecified atom stereocenters. The van der Waals surface area contributed by atoms with E-state index in [0.717, 1.165) is 41.8 Å². The van der Waals surface area contributed by atoms with Crippen LogP contribution in [0.4, 0.5) is 5.82 Å². The third kappa shape index (κ3) is 3.29. The summed E-state index contributed by atoms with van der Waals surface area (Å²) in [5.41, 5.74) is 0.964. The molecule has 2 aromatic rings. The second kappa shape index (κ2) is 6.35. The molecule has 0 spiro atoms. The van der Waals surface area contributed by atoms with E-state index in [-0.39, 0.29) is 6.10 Å². The summed E-state index contributed by atoms with van der Waals surface area (Å²) in [5, 5.41) is 3.32. The Labute approximate surface area is 129 Å². The van der Waals surface area contributed by atoms with Crippen molar-refractivity contribution in [2.75, 3.05) is 17.6 Å². The molecule has 3 rings (SSSR count). The summed E-state index contributed by atoms with van der Waals surface area (Å²) in [6.45, 7) is 5.05. The van der Waals surface area contributed by atoms with Crippen LogP contribution in [0, 0.1) is 6.92 Å². The van der Waals surface area contributed by atoms with Gasteiger partial charge in [-0.3, -0.25) is 0 Å². The number of aromatic nitrogens is 2. The number of nitrogens with one attached hydrogen (secondary N) is 1. The van der Waals surface area contributed by atoms with Gasteiger partial charge < -0.3 is 10.1 Å². The van der Waals surface area contributed by atoms with E-state index in [9.17, 15) is 0 Å². The number of ether oxygens (including phenoxy) is 1. The number of para-hydroxylation sites is 1. The van der Waals surface area contributed by atoms with Gasteiger partial charge in [0.05, 0.1) is 0 Å². The third-order valence-electron chi connectivity index (χ3n) is 3.22. The van der Waals surface area contributed by atoms with Gasteiger partial charge in [-0.15, -0.1) is 11.8 Å². The molecule has 5 heteroatoms. The minimum atomic E-state index is -0.0908. The Bertz CT molecular complexity index is 633. The van der Waals surface area contributed by atoms with Crippen LogP contribution >= 0.6 is 11.8 Å². The van der Waals surface area contributed by atoms with Gasteiger partial charge in [-0.25, -0.2) is 9.97 Å². The predicted octanol–water partition coefficient (Wildman–Crippen LogP) is 3.83. The van der Waals surface area contributed by atoms with Crippen molar-refractivity contribution in [2.24, 2.45) is 0 Å². The first-order valence-electron chi connectivity index (χ1n) is 7.24. The Balaban J connectivity index is 1.83. The molecule has 0 fully saturated rings. The molecule has 21 heavy (non-hydrogen) atoms. The van der Waals surface area contributed by atoms with Crippen molar-refractivity contribution in [1.82, 2.24) is 9.97 Å². The van der Waals surface area contributed by atoms with Gasteiger partial charge in [-0.1, -0.05) is 19.1 Å². The molecule has 110 valence electrons. The zero-order valence-corrected chi connectivity index (χ0v) is 13.1. The number of rotatable bonds is 4. The zero-order chi connectivity index (χ0) is 14.7. The third-order valence-corrected chi connectivity index (χ3v) is 4.34. The first-order chi connectivity index (χ1) is 10.3. The average Bonchev–Trinajstić information content (AvgIpc) is 2.52. The maximum atomic E-state index is 6.06. The average molecular weight is 301 g/mol. The van der Waals surface area contributed by atoms with Crippen LogP contribution in [0.25, 0.3) is 0 Å². The molecule has 0 radical (unpaired) electrons. The molecule has 1 N–H and O–H groups in total. The Hall–Kier alpha value is -1.75. The lowest BCUT2D eigenvalue weighted by Crippen LogP contribution is -2.19. The molecule has 0 saturated heterocycles. The van der Waals surface area contributed by atoms with Gasteiger partial charge in [0.1, 0.15) is 11.6 Å². The zero-order valence-electron chi connectivity index (χ0n) is 12.3. The molecule has 0 saturated carbocycles. The standard InChI is InChI=1S/C16H19N3OS/c1-3-8-17-15-9-11(2)18-16(19-15)13-10-21-14-7-5-4-6-12(14)20-13/h4-7,9,13H,3,8,10H2,1-2H3,(H,17,18,19). The van der Waals surface area contributed by atoms with E-state index < -0.39 is 0 Å². The minimum absolute atomic E-state index is 0.0908. The van der Waals surface area contributed by atoms with Crippen molar-refractivity contribution in [3.8, 4) is 5.75 Å². The molecular formula is C16H19N3OS. The van der Waals surface area contributed by atoms with E-state index in [1.165, 1.54) is 4.90 Å². The predicted molar refractivity (Wildman–Crippen MR) is 86.1 cm³/mol. The van der Waals surface area contributed by atoms with Crippen LogP contribution in [0.5, 0.6) is 5.75 Å². The van der Waals surface area contributed by atoms with Gasteiger partial charge in [0.15, 0.2) is 11.9 Å². The molecule has 4 nitrogen and oxygen atoms in total. The van der Waals surface area contributed by atoms with Gasteiger partial charge >= 0.3 is 0 Å². The number of anilines is 1. The summed E-state index contributed by atoms with van der Waals surface area (Å²) in [6, 6.07) is 10.1. The highest BCUT2D eigenvalue weighted by Crippen LogP contribution is 2.39. The normalized spacial score (nSPS) is 17.0. The maximum Gasteiger partial charge on any atom is 0.172 e. The van der Waals surface area contributed by atoms with Gasteiger partial charge in [-0.2, -0.15) is 0 Å². The summed E-state index contributed by atoms with van der Waals surface area (Å²) in [4.78, 5) is 10.3. The van der Waals surface area contributed by atoms with Gasteiger partial charge in [0.25, 0.3) is 0 Å². The van der Waals surface area contributed by atoms with Crippen LogP contribution in [0.3, 0.4) is 0 Å². The topological polar surface area (TPSA) is 47.0 Å². The second-order valence-electron chi connectivity index (χ2n) is 5.04. The lowest BCUT2D eigenvalue weighted by Gasteiger charge is -2.24. The molecule has 1 aromatic carbocycles. The summed E-state index contributed by atoms with van der Waals surface area (Å²) in [7, 11) is 0. The maximum absolute atomic E-state index is 6.06. The number of hydrogen-bond acceptors (Lipinski definition) is 5. The van der Waals surface area contributed by atoms with E-state index in [4.69, 9.17) is 4.74 Å². The molecule has 0 aliphatic carbocycles. The van der Waals surface area contributed by atoms with Crippen molar-refractivity contribution >= 4 is 17.6 Å². The van der Waals surface area contributed by atoms with E-state index in [0.29, 0.717) is 0 Å². The summed E-state index contributed by atoms with van der Waals surface area (Å²) in [5.74, 6) is 3.41. The Kier molecular flexibility index (Phi) is 4.29. The van der Waals surface area contributed by atoms with E-state index >= 15 is 0 Å². The van der Waals surface area contributed by atoms with Crippen molar-refractivity contribution in [2.45, 2.75) is 31.3 Å². The quantitative estimate of drug-likeness (QED) is 0.930. The van der Waals surface area contributed by atoms with Gasteiger partial charge in [-0.05, 0) is 25.5 Å². The first kappa shape index (κ1) is 14.2. The fourth-order valence-corrected chi connectivity index (χ4v) is 3.21. The van der Waals surface area contributed by atoms with Crippen molar-refractivity contribution in [1.29, 1.82) is 0 Å². The van der Waals surface area contributed by atoms with E-state index in [2.05, 4.69) is 28.3 Å². The number of hydrogen-bond donors (Lipinski definition) is 1. The molecule has 2 heterocycles. The monoisotopic (exact) mass is 301 g/mol. The van der Waals surface area contributed by atoms with Crippen LogP contribution in [-0.4, -0.2) is 22.3 Å². The lowest BCUT2D eigenvalue weighted by molar-refractivity contribution is 0.210. The van der Waals surface area contributed by atoms with Crippen molar-refractivity contribution in [3.63, 3.8) is 0 Å². The Morgan fingerprint density at radius 3 is 3.05 bits per heavy atom. The first-order valence-corrected chi connectivity index (χ1v) is 8.22. The second-order valence-corrected chi connectivity index (χ2v) is 6.11. The molecule has 0 bridgehead atoms. The molecular weight excluding hydrogens is 282 g/mol. The van der Waals surface area contributed by atoms with E-state index in [1.807, 2.05) is 31.2 Å². The van der Waals surface area contributed by atoms with Crippen LogP contribution in [0.2, 0.25) is 0 Å². The molecule has 1 aromatic heterocycles. The van der Waals surface area contributed by atoms with Crippen LogP contribution in [0.1, 0.15) is 31.0 Å². The highest BCUT2D eigenvalue weighted by molar-refractivity contribution is 7.99. The van der Waals surface area contributed by atoms with Crippen LogP contribution in [-0.2, 0) is 0 Å². The lowest BCUT2D eigenvalue weighted by atomic mass is 10.3. The largest absolute Gasteiger partial charge is 0.480 e. The molecule has 1 atom stereocenters. The summed E-state index contributed by atoms with van der Waals surface area (Å²) < 4.78 is 6.06. The van der Waals surface area contributed by atoms with Crippen LogP contribution < -0.4 is 10.1 Å². The smallest absolute Gasteiger partial charge is 0.172 e. The Morgan fingerprint density at radius 1 is 1.33 bits per heavy atom. The summed E-state index contributed by atoms with van der Waals surface area (Å²) in [6.07, 6.45) is 0.980. The minimum Gasteiger partial charge on any atom is -0.480 e. The number of thioether (sulfide) groups is 1. The number of benzene rings is 1. The highest BCUT2D eigenvalue weighted by Gasteiger charge is 2.24. The fourth-order valence-electron chi connectivity index (χ4n) is 2.23.